The summed E-state index contributed by atoms with van der Waals surface area (Å²) in [7, 11) is -2.21. The van der Waals surface area contributed by atoms with E-state index in [2.05, 4.69) is 9.44 Å². The van der Waals surface area contributed by atoms with Gasteiger partial charge in [0.05, 0.1) is 12.3 Å². The standard InChI is InChI=1S/C11H18N2O4S/c1-3-9-4-5-11(14)10(8-9)13-18(15,16)12-6-7-17-2/h4-5,8,12-14H,3,6-7H2,1-2H3. The fraction of sp³-hybridized carbons (Fsp3) is 0.455. The highest BCUT2D eigenvalue weighted by Gasteiger charge is 2.12. The Morgan fingerprint density at radius 2 is 2.11 bits per heavy atom. The predicted octanol–water partition coefficient (Wildman–Crippen LogP) is 0.847. The normalized spacial score (nSPS) is 11.4. The van der Waals surface area contributed by atoms with Gasteiger partial charge in [-0.1, -0.05) is 13.0 Å². The van der Waals surface area contributed by atoms with Crippen LogP contribution in [0.25, 0.3) is 0 Å². The minimum atomic E-state index is -3.69. The molecule has 0 aliphatic heterocycles. The maximum Gasteiger partial charge on any atom is 0.299 e. The Hall–Kier alpha value is -1.31. The van der Waals surface area contributed by atoms with Crippen molar-refractivity contribution < 1.29 is 18.3 Å². The van der Waals surface area contributed by atoms with Gasteiger partial charge in [0.2, 0.25) is 0 Å². The van der Waals surface area contributed by atoms with E-state index in [0.717, 1.165) is 12.0 Å². The van der Waals surface area contributed by atoms with Crippen LogP contribution in [0, 0.1) is 0 Å². The molecule has 6 nitrogen and oxygen atoms in total. The number of hydrogen-bond donors (Lipinski definition) is 3. The Balaban J connectivity index is 2.76. The Bertz CT molecular complexity index is 488. The predicted molar refractivity (Wildman–Crippen MR) is 69.9 cm³/mol. The van der Waals surface area contributed by atoms with Crippen LogP contribution in [0.1, 0.15) is 12.5 Å². The molecule has 0 heterocycles. The molecule has 0 radical (unpaired) electrons. The number of anilines is 1. The van der Waals surface area contributed by atoms with Crippen molar-refractivity contribution in [3.05, 3.63) is 23.8 Å². The van der Waals surface area contributed by atoms with Crippen LogP contribution in [-0.4, -0.2) is 33.8 Å². The molecule has 0 saturated heterocycles. The van der Waals surface area contributed by atoms with Gasteiger partial charge < -0.3 is 9.84 Å². The number of phenols is 1. The van der Waals surface area contributed by atoms with Gasteiger partial charge in [0, 0.05) is 13.7 Å². The summed E-state index contributed by atoms with van der Waals surface area (Å²) >= 11 is 0. The fourth-order valence-electron chi connectivity index (χ4n) is 1.34. The number of phenolic OH excluding ortho intramolecular Hbond substituents is 1. The number of nitrogens with one attached hydrogen (secondary N) is 2. The Kier molecular flexibility index (Phi) is 5.39. The molecule has 7 heteroatoms. The molecular formula is C11H18N2O4S. The third-order valence-corrected chi connectivity index (χ3v) is 3.38. The molecule has 0 aromatic heterocycles. The largest absolute Gasteiger partial charge is 0.506 e. The second kappa shape index (κ2) is 6.58. The maximum absolute atomic E-state index is 11.6. The molecule has 0 fully saturated rings. The molecule has 0 saturated carbocycles. The number of methoxy groups -OCH3 is 1. The van der Waals surface area contributed by atoms with E-state index in [9.17, 15) is 13.5 Å². The molecule has 1 aromatic carbocycles. The number of aromatic hydroxyl groups is 1. The maximum atomic E-state index is 11.6. The molecule has 1 aromatic rings. The van der Waals surface area contributed by atoms with Crippen LogP contribution in [0.5, 0.6) is 5.75 Å². The molecule has 18 heavy (non-hydrogen) atoms. The zero-order valence-corrected chi connectivity index (χ0v) is 11.3. The van der Waals surface area contributed by atoms with Crippen molar-refractivity contribution in [2.24, 2.45) is 0 Å². The van der Waals surface area contributed by atoms with Crippen LogP contribution >= 0.6 is 0 Å². The third kappa shape index (κ3) is 4.52. The summed E-state index contributed by atoms with van der Waals surface area (Å²) in [5, 5.41) is 9.59. The summed E-state index contributed by atoms with van der Waals surface area (Å²) in [6.45, 7) is 2.39. The minimum absolute atomic E-state index is 0.107. The molecule has 1 rings (SSSR count). The lowest BCUT2D eigenvalue weighted by Crippen LogP contribution is -2.32. The van der Waals surface area contributed by atoms with Gasteiger partial charge in [0.1, 0.15) is 5.75 Å². The first-order chi connectivity index (χ1) is 8.48. The number of hydrogen-bond acceptors (Lipinski definition) is 4. The number of ether oxygens (including phenoxy) is 1. The van der Waals surface area contributed by atoms with Crippen LogP contribution in [0.2, 0.25) is 0 Å². The van der Waals surface area contributed by atoms with E-state index in [1.54, 1.807) is 12.1 Å². The van der Waals surface area contributed by atoms with E-state index in [1.807, 2.05) is 6.92 Å². The van der Waals surface area contributed by atoms with Gasteiger partial charge in [-0.25, -0.2) is 0 Å². The summed E-state index contributed by atoms with van der Waals surface area (Å²) in [6, 6.07) is 4.81. The summed E-state index contributed by atoms with van der Waals surface area (Å²) in [5.74, 6) is -0.107. The van der Waals surface area contributed by atoms with Crippen LogP contribution in [0.15, 0.2) is 18.2 Å². The van der Waals surface area contributed by atoms with E-state index >= 15 is 0 Å². The lowest BCUT2D eigenvalue weighted by molar-refractivity contribution is 0.204. The average molecular weight is 274 g/mol. The van der Waals surface area contributed by atoms with Crippen molar-refractivity contribution in [2.45, 2.75) is 13.3 Å². The van der Waals surface area contributed by atoms with Crippen LogP contribution in [0.4, 0.5) is 5.69 Å². The van der Waals surface area contributed by atoms with E-state index in [1.165, 1.54) is 13.2 Å². The monoisotopic (exact) mass is 274 g/mol. The molecule has 0 atom stereocenters. The van der Waals surface area contributed by atoms with Gasteiger partial charge in [-0.2, -0.15) is 13.1 Å². The first-order valence-corrected chi connectivity index (χ1v) is 7.05. The van der Waals surface area contributed by atoms with Crippen LogP contribution in [0.3, 0.4) is 0 Å². The van der Waals surface area contributed by atoms with Gasteiger partial charge in [0.15, 0.2) is 0 Å². The summed E-state index contributed by atoms with van der Waals surface area (Å²) in [5.41, 5.74) is 1.10. The molecule has 102 valence electrons. The van der Waals surface area contributed by atoms with Gasteiger partial charge in [-0.05, 0) is 24.1 Å². The second-order valence-corrected chi connectivity index (χ2v) is 5.20. The first kappa shape index (κ1) is 14.7. The lowest BCUT2D eigenvalue weighted by Gasteiger charge is -2.11. The van der Waals surface area contributed by atoms with Crippen molar-refractivity contribution in [2.75, 3.05) is 25.0 Å². The number of benzene rings is 1. The van der Waals surface area contributed by atoms with Crippen LogP contribution in [-0.2, 0) is 21.4 Å². The van der Waals surface area contributed by atoms with Gasteiger partial charge >= 0.3 is 0 Å². The molecule has 0 spiro atoms. The zero-order chi connectivity index (χ0) is 13.6. The minimum Gasteiger partial charge on any atom is -0.506 e. The molecule has 0 aliphatic carbocycles. The van der Waals surface area contributed by atoms with E-state index in [4.69, 9.17) is 4.74 Å². The van der Waals surface area contributed by atoms with Crippen LogP contribution < -0.4 is 9.44 Å². The lowest BCUT2D eigenvalue weighted by atomic mass is 10.1. The molecule has 0 aliphatic rings. The summed E-state index contributed by atoms with van der Waals surface area (Å²) in [6.07, 6.45) is 0.756. The van der Waals surface area contributed by atoms with Gasteiger partial charge in [-0.15, -0.1) is 0 Å². The Morgan fingerprint density at radius 1 is 1.39 bits per heavy atom. The van der Waals surface area contributed by atoms with Crippen molar-refractivity contribution in [3.8, 4) is 5.75 Å². The highest BCUT2D eigenvalue weighted by molar-refractivity contribution is 7.90. The number of aryl methyl sites for hydroxylation is 1. The van der Waals surface area contributed by atoms with Crippen molar-refractivity contribution in [1.82, 2.24) is 4.72 Å². The average Bonchev–Trinajstić information content (AvgIpc) is 2.32. The molecular weight excluding hydrogens is 256 g/mol. The van der Waals surface area contributed by atoms with E-state index in [0.29, 0.717) is 0 Å². The quantitative estimate of drug-likeness (QED) is 0.508. The summed E-state index contributed by atoms with van der Waals surface area (Å²) < 4.78 is 32.6. The molecule has 3 N–H and O–H groups in total. The summed E-state index contributed by atoms with van der Waals surface area (Å²) in [4.78, 5) is 0. The Morgan fingerprint density at radius 3 is 2.72 bits per heavy atom. The first-order valence-electron chi connectivity index (χ1n) is 5.56. The van der Waals surface area contributed by atoms with Crippen molar-refractivity contribution >= 4 is 15.9 Å². The SMILES string of the molecule is CCc1ccc(O)c(NS(=O)(=O)NCCOC)c1. The third-order valence-electron chi connectivity index (χ3n) is 2.31. The van der Waals surface area contributed by atoms with E-state index < -0.39 is 10.2 Å². The van der Waals surface area contributed by atoms with Crippen molar-refractivity contribution in [3.63, 3.8) is 0 Å². The smallest absolute Gasteiger partial charge is 0.299 e. The van der Waals surface area contributed by atoms with E-state index in [-0.39, 0.29) is 24.6 Å². The highest BCUT2D eigenvalue weighted by Crippen LogP contribution is 2.25. The van der Waals surface area contributed by atoms with Crippen molar-refractivity contribution in [1.29, 1.82) is 0 Å². The topological polar surface area (TPSA) is 87.7 Å². The second-order valence-electron chi connectivity index (χ2n) is 3.70. The van der Waals surface area contributed by atoms with Gasteiger partial charge in [0.25, 0.3) is 10.2 Å². The fourth-order valence-corrected chi connectivity index (χ4v) is 2.22. The van der Waals surface area contributed by atoms with Gasteiger partial charge in [-0.3, -0.25) is 4.72 Å². The number of rotatable bonds is 7. The molecule has 0 bridgehead atoms. The molecule has 0 unspecified atom stereocenters. The highest BCUT2D eigenvalue weighted by atomic mass is 32.2. The zero-order valence-electron chi connectivity index (χ0n) is 10.4. The molecule has 0 amide bonds. The Labute approximate surface area is 107 Å².